The number of ether oxygens (including phenoxy) is 1. The van der Waals surface area contributed by atoms with Crippen molar-refractivity contribution < 1.29 is 13.9 Å². The van der Waals surface area contributed by atoms with Gasteiger partial charge in [0.15, 0.2) is 0 Å². The molecule has 1 fully saturated rings. The Kier molecular flexibility index (Phi) is 7.84. The second kappa shape index (κ2) is 10.4. The lowest BCUT2D eigenvalue weighted by Crippen LogP contribution is -2.50. The van der Waals surface area contributed by atoms with Crippen LogP contribution in [0.15, 0.2) is 18.2 Å². The molecule has 0 aliphatic carbocycles. The van der Waals surface area contributed by atoms with Crippen LogP contribution in [0.2, 0.25) is 5.02 Å². The number of aromatic nitrogens is 2. The van der Waals surface area contributed by atoms with E-state index in [4.69, 9.17) is 26.3 Å². The van der Waals surface area contributed by atoms with Crippen molar-refractivity contribution in [1.82, 2.24) is 14.9 Å². The van der Waals surface area contributed by atoms with Crippen molar-refractivity contribution in [2.75, 3.05) is 44.8 Å². The van der Waals surface area contributed by atoms with Gasteiger partial charge in [-0.1, -0.05) is 31.5 Å². The van der Waals surface area contributed by atoms with E-state index in [1.807, 2.05) is 6.92 Å². The normalized spacial score (nSPS) is 15.3. The summed E-state index contributed by atoms with van der Waals surface area (Å²) in [6.07, 6.45) is 1.24. The molecule has 0 radical (unpaired) electrons. The molecule has 1 saturated heterocycles. The number of methoxy groups -OCH3 is 1. The molecule has 0 bridgehead atoms. The van der Waals surface area contributed by atoms with Crippen LogP contribution in [-0.4, -0.2) is 60.7 Å². The molecule has 6 nitrogen and oxygen atoms in total. The van der Waals surface area contributed by atoms with E-state index in [2.05, 4.69) is 18.7 Å². The Morgan fingerprint density at radius 3 is 2.55 bits per heavy atom. The number of piperazine rings is 1. The third-order valence-corrected chi connectivity index (χ3v) is 6.23. The van der Waals surface area contributed by atoms with Gasteiger partial charge in [0.25, 0.3) is 0 Å². The van der Waals surface area contributed by atoms with E-state index in [0.29, 0.717) is 43.2 Å². The zero-order chi connectivity index (χ0) is 22.5. The average molecular weight is 449 g/mol. The third kappa shape index (κ3) is 5.33. The first-order valence-corrected chi connectivity index (χ1v) is 11.0. The van der Waals surface area contributed by atoms with Crippen molar-refractivity contribution in [1.29, 1.82) is 0 Å². The molecule has 2 heterocycles. The number of aryl methyl sites for hydroxylation is 1. The molecule has 0 spiro atoms. The van der Waals surface area contributed by atoms with Crippen molar-refractivity contribution in [2.45, 2.75) is 39.5 Å². The largest absolute Gasteiger partial charge is 0.375 e. The number of rotatable bonds is 7. The number of halogens is 2. The minimum atomic E-state index is -0.334. The van der Waals surface area contributed by atoms with Crippen LogP contribution in [0, 0.1) is 12.7 Å². The van der Waals surface area contributed by atoms with Crippen LogP contribution in [0.4, 0.5) is 10.2 Å². The molecule has 8 heteroatoms. The van der Waals surface area contributed by atoms with Gasteiger partial charge in [0.05, 0.1) is 0 Å². The zero-order valence-corrected chi connectivity index (χ0v) is 19.4. The number of nitrogens with zero attached hydrogens (tertiary/aromatic N) is 4. The van der Waals surface area contributed by atoms with Crippen molar-refractivity contribution in [3.63, 3.8) is 0 Å². The lowest BCUT2D eigenvalue weighted by molar-refractivity contribution is -0.135. The second-order valence-corrected chi connectivity index (χ2v) is 8.36. The number of carbonyl (C=O) groups excluding carboxylic acids is 1. The summed E-state index contributed by atoms with van der Waals surface area (Å²) in [5, 5.41) is 0.395. The smallest absolute Gasteiger partial charge is 0.248 e. The topological polar surface area (TPSA) is 58.6 Å². The standard InChI is InChI=1S/C23H30ClFN4O2/c1-5-15(2)22-26-16(3)17(13-18-19(24)7-6-8-20(18)25)23(27-22)29-11-9-28(10-12-29)21(30)14-31-4/h6-8,15H,5,9-14H2,1-4H3/t15-/m1/s1. The first-order chi connectivity index (χ1) is 14.8. The Labute approximate surface area is 188 Å². The highest BCUT2D eigenvalue weighted by Gasteiger charge is 2.26. The number of hydrogen-bond donors (Lipinski definition) is 0. The molecular weight excluding hydrogens is 419 g/mol. The summed E-state index contributed by atoms with van der Waals surface area (Å²) in [5.74, 6) is 1.46. The molecule has 1 aromatic carbocycles. The summed E-state index contributed by atoms with van der Waals surface area (Å²) in [6.45, 7) is 8.70. The molecule has 0 saturated carbocycles. The fraction of sp³-hybridized carbons (Fsp3) is 0.522. The van der Waals surface area contributed by atoms with E-state index < -0.39 is 0 Å². The molecule has 3 rings (SSSR count). The van der Waals surface area contributed by atoms with Gasteiger partial charge in [-0.25, -0.2) is 14.4 Å². The van der Waals surface area contributed by atoms with E-state index >= 15 is 0 Å². The number of benzene rings is 1. The summed E-state index contributed by atoms with van der Waals surface area (Å²) in [7, 11) is 1.52. The van der Waals surface area contributed by atoms with E-state index in [0.717, 1.165) is 29.3 Å². The number of hydrogen-bond acceptors (Lipinski definition) is 5. The summed E-state index contributed by atoms with van der Waals surface area (Å²) in [5.41, 5.74) is 2.15. The van der Waals surface area contributed by atoms with Crippen LogP contribution >= 0.6 is 11.6 Å². The monoisotopic (exact) mass is 448 g/mol. The van der Waals surface area contributed by atoms with Gasteiger partial charge in [-0.05, 0) is 25.5 Å². The van der Waals surface area contributed by atoms with Gasteiger partial charge in [-0.3, -0.25) is 4.79 Å². The number of amides is 1. The maximum atomic E-state index is 14.5. The molecule has 1 atom stereocenters. The Balaban J connectivity index is 1.95. The SMILES string of the molecule is CC[C@@H](C)c1nc(C)c(Cc2c(F)cccc2Cl)c(N2CCN(C(=O)COC)CC2)n1. The van der Waals surface area contributed by atoms with Gasteiger partial charge in [0, 0.05) is 67.5 Å². The summed E-state index contributed by atoms with van der Waals surface area (Å²) in [4.78, 5) is 25.8. The molecule has 0 N–H and O–H groups in total. The van der Waals surface area contributed by atoms with Gasteiger partial charge in [-0.2, -0.15) is 0 Å². The van der Waals surface area contributed by atoms with Gasteiger partial charge in [-0.15, -0.1) is 0 Å². The van der Waals surface area contributed by atoms with Crippen molar-refractivity contribution in [3.05, 3.63) is 51.7 Å². The molecule has 168 valence electrons. The van der Waals surface area contributed by atoms with Crippen LogP contribution in [0.5, 0.6) is 0 Å². The van der Waals surface area contributed by atoms with Gasteiger partial charge in [0.2, 0.25) is 5.91 Å². The predicted molar refractivity (Wildman–Crippen MR) is 120 cm³/mol. The van der Waals surface area contributed by atoms with Crippen molar-refractivity contribution in [2.24, 2.45) is 0 Å². The Morgan fingerprint density at radius 2 is 1.94 bits per heavy atom. The average Bonchev–Trinajstić information content (AvgIpc) is 2.76. The summed E-state index contributed by atoms with van der Waals surface area (Å²) in [6, 6.07) is 4.72. The highest BCUT2D eigenvalue weighted by atomic mass is 35.5. The summed E-state index contributed by atoms with van der Waals surface area (Å²) >= 11 is 6.31. The summed E-state index contributed by atoms with van der Waals surface area (Å²) < 4.78 is 19.5. The minimum Gasteiger partial charge on any atom is -0.375 e. The number of anilines is 1. The first kappa shape index (κ1) is 23.4. The first-order valence-electron chi connectivity index (χ1n) is 10.7. The molecule has 1 aromatic heterocycles. The Bertz CT molecular complexity index is 912. The molecule has 1 aliphatic heterocycles. The van der Waals surface area contributed by atoms with Crippen LogP contribution in [0.25, 0.3) is 0 Å². The van der Waals surface area contributed by atoms with Crippen molar-refractivity contribution >= 4 is 23.3 Å². The highest BCUT2D eigenvalue weighted by molar-refractivity contribution is 6.31. The molecule has 0 unspecified atom stereocenters. The minimum absolute atomic E-state index is 0.0142. The van der Waals surface area contributed by atoms with E-state index in [1.54, 1.807) is 17.0 Å². The van der Waals surface area contributed by atoms with Crippen molar-refractivity contribution in [3.8, 4) is 0 Å². The van der Waals surface area contributed by atoms with Crippen LogP contribution < -0.4 is 4.90 Å². The van der Waals surface area contributed by atoms with E-state index in [1.165, 1.54) is 13.2 Å². The maximum absolute atomic E-state index is 14.5. The molecular formula is C23H30ClFN4O2. The Morgan fingerprint density at radius 1 is 1.23 bits per heavy atom. The maximum Gasteiger partial charge on any atom is 0.248 e. The predicted octanol–water partition coefficient (Wildman–Crippen LogP) is 3.98. The number of carbonyl (C=O) groups is 1. The molecule has 31 heavy (non-hydrogen) atoms. The third-order valence-electron chi connectivity index (χ3n) is 5.88. The van der Waals surface area contributed by atoms with Gasteiger partial charge in [0.1, 0.15) is 24.1 Å². The zero-order valence-electron chi connectivity index (χ0n) is 18.6. The molecule has 1 amide bonds. The van der Waals surface area contributed by atoms with Crippen LogP contribution in [-0.2, 0) is 16.0 Å². The van der Waals surface area contributed by atoms with E-state index in [9.17, 15) is 9.18 Å². The fourth-order valence-corrected chi connectivity index (χ4v) is 3.96. The molecule has 1 aliphatic rings. The van der Waals surface area contributed by atoms with E-state index in [-0.39, 0.29) is 24.2 Å². The van der Waals surface area contributed by atoms with Crippen LogP contribution in [0.1, 0.15) is 48.8 Å². The highest BCUT2D eigenvalue weighted by Crippen LogP contribution is 2.30. The molecule has 2 aromatic rings. The van der Waals surface area contributed by atoms with Crippen LogP contribution in [0.3, 0.4) is 0 Å². The fourth-order valence-electron chi connectivity index (χ4n) is 3.73. The lowest BCUT2D eigenvalue weighted by atomic mass is 10.0. The van der Waals surface area contributed by atoms with Gasteiger partial charge < -0.3 is 14.5 Å². The Hall–Kier alpha value is -2.25. The van der Waals surface area contributed by atoms with Gasteiger partial charge >= 0.3 is 0 Å². The second-order valence-electron chi connectivity index (χ2n) is 7.96. The lowest BCUT2D eigenvalue weighted by Gasteiger charge is -2.36. The quantitative estimate of drug-likeness (QED) is 0.641.